The van der Waals surface area contributed by atoms with Crippen LogP contribution >= 0.6 is 0 Å². The molecule has 4 aliphatic rings. The van der Waals surface area contributed by atoms with Crippen molar-refractivity contribution in [3.05, 3.63) is 47.6 Å². The number of amides is 1. The first-order valence-electron chi connectivity index (χ1n) is 25.0. The molecule has 1 saturated carbocycles. The van der Waals surface area contributed by atoms with E-state index in [1.165, 1.54) is 12.0 Å². The molecule has 0 unspecified atom stereocenters. The molecule has 15 nitrogen and oxygen atoms in total. The first kappa shape index (κ1) is 57.2. The van der Waals surface area contributed by atoms with Gasteiger partial charge in [0.1, 0.15) is 30.1 Å². The van der Waals surface area contributed by atoms with Gasteiger partial charge < -0.3 is 48.6 Å². The average Bonchev–Trinajstić information content (AvgIpc) is 3.32. The van der Waals surface area contributed by atoms with Gasteiger partial charge in [0, 0.05) is 58.5 Å². The predicted octanol–water partition coefficient (Wildman–Crippen LogP) is 6.20. The Morgan fingerprint density at radius 3 is 2.26 bits per heavy atom. The van der Waals surface area contributed by atoms with Gasteiger partial charge in [0.25, 0.3) is 11.7 Å². The zero-order valence-electron chi connectivity index (χ0n) is 42.4. The minimum Gasteiger partial charge on any atom is -0.460 e. The van der Waals surface area contributed by atoms with Crippen LogP contribution in [0.4, 0.5) is 0 Å². The molecule has 384 valence electrons. The number of methoxy groups -OCH3 is 3. The zero-order chi connectivity index (χ0) is 50.3. The second kappa shape index (κ2) is 27.3. The van der Waals surface area contributed by atoms with Crippen LogP contribution in [-0.4, -0.2) is 145 Å². The summed E-state index contributed by atoms with van der Waals surface area (Å²) >= 11 is 0. The molecule has 3 heterocycles. The molecule has 68 heavy (non-hydrogen) atoms. The second-order valence-electron chi connectivity index (χ2n) is 20.2. The Hall–Kier alpha value is -3.41. The van der Waals surface area contributed by atoms with Gasteiger partial charge in [-0.2, -0.15) is 0 Å². The van der Waals surface area contributed by atoms with Crippen LogP contribution in [-0.2, 0) is 52.4 Å². The number of esters is 1. The number of hydrogen-bond acceptors (Lipinski definition) is 14. The van der Waals surface area contributed by atoms with Gasteiger partial charge in [0.15, 0.2) is 5.78 Å². The first-order valence-corrected chi connectivity index (χ1v) is 25.0. The molecule has 1 amide bonds. The number of allylic oxidation sites excluding steroid dienone is 6. The van der Waals surface area contributed by atoms with Crippen LogP contribution in [0.15, 0.2) is 47.6 Å². The van der Waals surface area contributed by atoms with Gasteiger partial charge in [-0.05, 0) is 107 Å². The quantitative estimate of drug-likeness (QED) is 0.134. The van der Waals surface area contributed by atoms with E-state index in [-0.39, 0.29) is 74.1 Å². The fourth-order valence-corrected chi connectivity index (χ4v) is 10.5. The Balaban J connectivity index is 1.70. The summed E-state index contributed by atoms with van der Waals surface area (Å²) < 4.78 is 35.6. The van der Waals surface area contributed by atoms with Crippen molar-refractivity contribution in [2.45, 2.75) is 180 Å². The van der Waals surface area contributed by atoms with Crippen molar-refractivity contribution in [3.8, 4) is 0 Å². The Kier molecular flexibility index (Phi) is 22.9. The summed E-state index contributed by atoms with van der Waals surface area (Å²) in [6.45, 7) is 12.9. The number of carbonyl (C=O) groups excluding carboxylic acids is 5. The second-order valence-corrected chi connectivity index (χ2v) is 20.2. The lowest BCUT2D eigenvalue weighted by molar-refractivity contribution is -0.265. The number of Topliss-reactive ketones (excluding diaryl/α,β-unsaturated/α-hetero) is 3. The van der Waals surface area contributed by atoms with Crippen molar-refractivity contribution in [1.82, 2.24) is 4.90 Å². The third-order valence-corrected chi connectivity index (χ3v) is 14.9. The number of carbonyl (C=O) groups is 5. The molecule has 0 aromatic heterocycles. The molecule has 3 N–H and O–H groups in total. The maximum Gasteiger partial charge on any atom is 0.329 e. The molecule has 0 aromatic carbocycles. The lowest BCUT2D eigenvalue weighted by atomic mass is 9.78. The van der Waals surface area contributed by atoms with E-state index in [1.807, 2.05) is 58.1 Å². The van der Waals surface area contributed by atoms with Gasteiger partial charge in [0.2, 0.25) is 5.79 Å². The summed E-state index contributed by atoms with van der Waals surface area (Å²) in [5.74, 6) is -7.96. The maximum absolute atomic E-state index is 14.5. The van der Waals surface area contributed by atoms with Gasteiger partial charge in [-0.3, -0.25) is 19.2 Å². The average molecular weight is 958 g/mol. The van der Waals surface area contributed by atoms with E-state index < -0.39 is 77.8 Å². The summed E-state index contributed by atoms with van der Waals surface area (Å²) in [4.78, 5) is 72.1. The number of fused-ring (bicyclic) bond motifs is 3. The molecule has 0 aromatic rings. The third kappa shape index (κ3) is 15.3. The molecular formula is C53H83NO14. The van der Waals surface area contributed by atoms with Gasteiger partial charge in [0.05, 0.1) is 37.6 Å². The fourth-order valence-electron chi connectivity index (χ4n) is 10.5. The number of ketones is 3. The van der Waals surface area contributed by atoms with E-state index >= 15 is 0 Å². The van der Waals surface area contributed by atoms with Crippen molar-refractivity contribution >= 4 is 29.2 Å². The normalized spacial score (nSPS) is 38.4. The standard InChI is InChI=1S/C53H83NO14/c1-32-16-12-11-13-17-33(2)44(63-8)30-40-21-19-38(7)53(62,68-40)50(59)51(60)54-23-15-14-18-41(54)52(61)67-45(35(4)28-39-20-22-43(66-25-24-55)46(29-39)64-9)31-42(56)34(3)27-37(6)48(58)49(65-10)47(57)36(5)26-32/h11-13,16-17,27,32,34-36,38-41,43-46,48-49,55,58,62H,14-15,18-26,28-31H2,1-10H3/b13-11+,16-12+,33-17?,37-27-/t32-,34-,35-,36-,38-,39+,40+,41+,43-,44+,45+,46-,48-,49+,53-/m1/s1. The minimum atomic E-state index is -2.43. The maximum atomic E-state index is 14.5. The lowest BCUT2D eigenvalue weighted by Crippen LogP contribution is -2.61. The number of aliphatic hydroxyl groups excluding tert-OH is 2. The van der Waals surface area contributed by atoms with Crippen molar-refractivity contribution < 1.29 is 67.7 Å². The van der Waals surface area contributed by atoms with E-state index in [2.05, 4.69) is 0 Å². The fraction of sp³-hybridized carbons (Fsp3) is 0.755. The summed E-state index contributed by atoms with van der Waals surface area (Å²) in [5, 5.41) is 32.8. The Labute approximate surface area is 405 Å². The molecule has 15 heteroatoms. The Morgan fingerprint density at radius 1 is 0.853 bits per heavy atom. The molecule has 3 aliphatic heterocycles. The van der Waals surface area contributed by atoms with E-state index in [0.29, 0.717) is 63.4 Å². The van der Waals surface area contributed by atoms with E-state index in [9.17, 15) is 39.3 Å². The number of rotatable bonds is 9. The number of hydrogen-bond donors (Lipinski definition) is 3. The molecule has 2 bridgehead atoms. The Morgan fingerprint density at radius 2 is 1.59 bits per heavy atom. The highest BCUT2D eigenvalue weighted by Gasteiger charge is 2.53. The topological polar surface area (TPSA) is 205 Å². The molecule has 1 aliphatic carbocycles. The smallest absolute Gasteiger partial charge is 0.329 e. The van der Waals surface area contributed by atoms with Crippen LogP contribution < -0.4 is 0 Å². The lowest BCUT2D eigenvalue weighted by Gasteiger charge is -2.42. The van der Waals surface area contributed by atoms with Crippen molar-refractivity contribution in [1.29, 1.82) is 0 Å². The summed E-state index contributed by atoms with van der Waals surface area (Å²) in [6.07, 6.45) is 12.0. The van der Waals surface area contributed by atoms with E-state index in [4.69, 9.17) is 28.4 Å². The van der Waals surface area contributed by atoms with Crippen molar-refractivity contribution in [2.75, 3.05) is 41.1 Å². The molecule has 0 spiro atoms. The van der Waals surface area contributed by atoms with Crippen LogP contribution in [0.5, 0.6) is 0 Å². The monoisotopic (exact) mass is 958 g/mol. The van der Waals surface area contributed by atoms with Gasteiger partial charge >= 0.3 is 5.97 Å². The van der Waals surface area contributed by atoms with Crippen molar-refractivity contribution in [2.24, 2.45) is 35.5 Å². The van der Waals surface area contributed by atoms with Crippen LogP contribution in [0.2, 0.25) is 0 Å². The summed E-state index contributed by atoms with van der Waals surface area (Å²) in [6, 6.07) is -1.14. The van der Waals surface area contributed by atoms with E-state index in [0.717, 1.165) is 12.0 Å². The minimum absolute atomic E-state index is 0.0158. The van der Waals surface area contributed by atoms with Gasteiger partial charge in [-0.15, -0.1) is 0 Å². The van der Waals surface area contributed by atoms with Crippen molar-refractivity contribution in [3.63, 3.8) is 0 Å². The highest BCUT2D eigenvalue weighted by molar-refractivity contribution is 6.39. The van der Waals surface area contributed by atoms with Crippen LogP contribution in [0.25, 0.3) is 0 Å². The highest BCUT2D eigenvalue weighted by Crippen LogP contribution is 2.38. The first-order chi connectivity index (χ1) is 32.3. The number of piperidine rings is 1. The Bertz CT molecular complexity index is 1810. The molecule has 2 saturated heterocycles. The number of cyclic esters (lactones) is 1. The largest absolute Gasteiger partial charge is 0.460 e. The molecule has 4 rings (SSSR count). The van der Waals surface area contributed by atoms with E-state index in [1.54, 1.807) is 41.1 Å². The molecule has 3 fully saturated rings. The SMILES string of the molecule is CO[C@H]1C[C@@H]2CC[C@@H](C)[C@@](O)(O2)C(=O)C(=O)N2CCCC[C@H]2C(=O)O[C@H]([C@H](C)C[C@@H]2CC[C@@H](OCCO)[C@H](OC)C2)CC(=O)[C@H](C)/C=C(/C)[C@@H](O)[C@@H](OC)C(=O)[C@H](C)C[C@H](C)/C=C/C=C/C=C1C. The molecule has 0 radical (unpaired) electrons. The number of aliphatic hydroxyl groups is 3. The summed E-state index contributed by atoms with van der Waals surface area (Å²) in [5.41, 5.74) is 1.26. The van der Waals surface area contributed by atoms with Crippen LogP contribution in [0.3, 0.4) is 0 Å². The van der Waals surface area contributed by atoms with Crippen LogP contribution in [0, 0.1) is 35.5 Å². The van der Waals surface area contributed by atoms with Gasteiger partial charge in [-0.1, -0.05) is 71.1 Å². The predicted molar refractivity (Wildman–Crippen MR) is 256 cm³/mol. The summed E-state index contributed by atoms with van der Waals surface area (Å²) in [7, 11) is 4.58. The molecule has 15 atom stereocenters. The van der Waals surface area contributed by atoms with Gasteiger partial charge in [-0.25, -0.2) is 4.79 Å². The highest BCUT2D eigenvalue weighted by atomic mass is 16.6. The molecular weight excluding hydrogens is 875 g/mol. The number of ether oxygens (including phenoxy) is 6. The zero-order valence-corrected chi connectivity index (χ0v) is 42.4. The third-order valence-electron chi connectivity index (χ3n) is 14.9. The van der Waals surface area contributed by atoms with Crippen LogP contribution in [0.1, 0.15) is 126 Å². The number of nitrogens with zero attached hydrogens (tertiary/aromatic N) is 1.